The molecule has 2 nitrogen and oxygen atoms in total. The molecule has 2 aliphatic rings. The predicted octanol–water partition coefficient (Wildman–Crippen LogP) is 4.40. The van der Waals surface area contributed by atoms with Crippen molar-refractivity contribution in [1.82, 2.24) is 4.90 Å². The Labute approximate surface area is 126 Å². The highest BCUT2D eigenvalue weighted by Crippen LogP contribution is 2.38. The summed E-state index contributed by atoms with van der Waals surface area (Å²) in [5.74, 6) is 0. The van der Waals surface area contributed by atoms with Gasteiger partial charge < -0.3 is 5.32 Å². The van der Waals surface area contributed by atoms with Gasteiger partial charge in [-0.2, -0.15) is 0 Å². The summed E-state index contributed by atoms with van der Waals surface area (Å²) in [7, 11) is 0. The van der Waals surface area contributed by atoms with Gasteiger partial charge in [0, 0.05) is 23.1 Å². The summed E-state index contributed by atoms with van der Waals surface area (Å²) in [6.07, 6.45) is 3.80. The van der Waals surface area contributed by atoms with Crippen molar-refractivity contribution in [1.29, 1.82) is 0 Å². The third kappa shape index (κ3) is 2.26. The molecule has 3 rings (SSSR count). The van der Waals surface area contributed by atoms with E-state index in [1.54, 1.807) is 0 Å². The smallest absolute Gasteiger partial charge is 0.0835 e. The molecule has 2 heterocycles. The van der Waals surface area contributed by atoms with Crippen molar-refractivity contribution in [2.24, 2.45) is 0 Å². The largest absolute Gasteiger partial charge is 0.379 e. The van der Waals surface area contributed by atoms with Crippen LogP contribution in [0.5, 0.6) is 0 Å². The highest BCUT2D eigenvalue weighted by molar-refractivity contribution is 9.10. The van der Waals surface area contributed by atoms with Crippen LogP contribution >= 0.6 is 39.1 Å². The van der Waals surface area contributed by atoms with E-state index in [-0.39, 0.29) is 0 Å². The molecule has 2 aliphatic heterocycles. The molecule has 1 aromatic carbocycles. The molecule has 5 heteroatoms. The zero-order valence-corrected chi connectivity index (χ0v) is 13.0. The van der Waals surface area contributed by atoms with Gasteiger partial charge in [-0.3, -0.25) is 4.90 Å². The van der Waals surface area contributed by atoms with E-state index in [1.165, 1.54) is 32.4 Å². The summed E-state index contributed by atoms with van der Waals surface area (Å²) in [6.45, 7) is 2.45. The summed E-state index contributed by atoms with van der Waals surface area (Å²) < 4.78 is 0.841. The van der Waals surface area contributed by atoms with E-state index in [2.05, 4.69) is 26.1 Å². The normalized spacial score (nSPS) is 27.5. The minimum atomic E-state index is 0.502. The molecule has 2 saturated heterocycles. The van der Waals surface area contributed by atoms with Crippen LogP contribution < -0.4 is 5.32 Å². The van der Waals surface area contributed by atoms with Crippen molar-refractivity contribution in [3.05, 3.63) is 26.7 Å². The average molecular weight is 350 g/mol. The number of anilines is 1. The number of halogens is 3. The van der Waals surface area contributed by atoms with Gasteiger partial charge >= 0.3 is 0 Å². The van der Waals surface area contributed by atoms with Crippen LogP contribution in [0.3, 0.4) is 0 Å². The first-order valence-electron chi connectivity index (χ1n) is 6.31. The fraction of sp³-hybridized carbons (Fsp3) is 0.538. The van der Waals surface area contributed by atoms with Gasteiger partial charge in [0.25, 0.3) is 0 Å². The summed E-state index contributed by atoms with van der Waals surface area (Å²) in [5.41, 5.74) is 0.948. The molecule has 0 saturated carbocycles. The first kappa shape index (κ1) is 13.0. The zero-order chi connectivity index (χ0) is 12.7. The number of fused-ring (bicyclic) bond motifs is 1. The monoisotopic (exact) mass is 348 g/mol. The van der Waals surface area contributed by atoms with Crippen LogP contribution in [-0.2, 0) is 0 Å². The number of hydrogen-bond donors (Lipinski definition) is 1. The molecule has 98 valence electrons. The first-order valence-corrected chi connectivity index (χ1v) is 7.86. The maximum Gasteiger partial charge on any atom is 0.0835 e. The number of rotatable bonds is 2. The third-order valence-electron chi connectivity index (χ3n) is 3.98. The predicted molar refractivity (Wildman–Crippen MR) is 80.8 cm³/mol. The standard InChI is InChI=1S/C13H15BrCl2N2/c14-8-3-4-10(13(16)12(8)15)17-9-5-7-18-6-1-2-11(9)18/h3-4,9,11,17H,1-2,5-7H2. The van der Waals surface area contributed by atoms with Gasteiger partial charge in [-0.05, 0) is 53.9 Å². The molecule has 0 radical (unpaired) electrons. The Morgan fingerprint density at radius 3 is 2.83 bits per heavy atom. The minimum absolute atomic E-state index is 0.502. The first-order chi connectivity index (χ1) is 8.66. The van der Waals surface area contributed by atoms with Crippen molar-refractivity contribution >= 4 is 44.8 Å². The molecule has 1 aromatic rings. The Balaban J connectivity index is 1.79. The molecule has 1 N–H and O–H groups in total. The zero-order valence-electron chi connectivity index (χ0n) is 9.93. The van der Waals surface area contributed by atoms with Crippen molar-refractivity contribution in [2.45, 2.75) is 31.3 Å². The molecular formula is C13H15BrCl2N2. The fourth-order valence-electron chi connectivity index (χ4n) is 3.09. The summed E-state index contributed by atoms with van der Waals surface area (Å²) >= 11 is 15.8. The van der Waals surface area contributed by atoms with Gasteiger partial charge in [0.05, 0.1) is 15.7 Å². The Morgan fingerprint density at radius 2 is 2.00 bits per heavy atom. The van der Waals surface area contributed by atoms with Crippen LogP contribution in [0.15, 0.2) is 16.6 Å². The van der Waals surface area contributed by atoms with E-state index in [0.717, 1.165) is 10.2 Å². The molecule has 18 heavy (non-hydrogen) atoms. The van der Waals surface area contributed by atoms with E-state index >= 15 is 0 Å². The maximum atomic E-state index is 6.28. The van der Waals surface area contributed by atoms with Crippen LogP contribution in [0.4, 0.5) is 5.69 Å². The average Bonchev–Trinajstić information content (AvgIpc) is 2.94. The molecule has 0 amide bonds. The fourth-order valence-corrected chi connectivity index (χ4v) is 3.92. The maximum absolute atomic E-state index is 6.28. The topological polar surface area (TPSA) is 15.3 Å². The van der Waals surface area contributed by atoms with Crippen molar-refractivity contribution < 1.29 is 0 Å². The lowest BCUT2D eigenvalue weighted by Gasteiger charge is -2.23. The molecule has 2 unspecified atom stereocenters. The highest BCUT2D eigenvalue weighted by Gasteiger charge is 2.37. The van der Waals surface area contributed by atoms with Gasteiger partial charge in [0.1, 0.15) is 0 Å². The van der Waals surface area contributed by atoms with Crippen molar-refractivity contribution in [3.63, 3.8) is 0 Å². The van der Waals surface area contributed by atoms with Crippen LogP contribution in [0.25, 0.3) is 0 Å². The molecular weight excluding hydrogens is 335 g/mol. The SMILES string of the molecule is Clc1c(Br)ccc(NC2CCN3CCCC23)c1Cl. The number of nitrogens with zero attached hydrogens (tertiary/aromatic N) is 1. The molecule has 2 fully saturated rings. The van der Waals surface area contributed by atoms with E-state index in [1.807, 2.05) is 12.1 Å². The highest BCUT2D eigenvalue weighted by atomic mass is 79.9. The van der Waals surface area contributed by atoms with Gasteiger partial charge in [0.15, 0.2) is 0 Å². The Morgan fingerprint density at radius 1 is 1.17 bits per heavy atom. The number of benzene rings is 1. The van der Waals surface area contributed by atoms with E-state index < -0.39 is 0 Å². The summed E-state index contributed by atoms with van der Waals surface area (Å²) in [4.78, 5) is 2.58. The third-order valence-corrected chi connectivity index (χ3v) is 5.75. The minimum Gasteiger partial charge on any atom is -0.379 e. The Kier molecular flexibility index (Phi) is 3.77. The van der Waals surface area contributed by atoms with Gasteiger partial charge in [0.2, 0.25) is 0 Å². The number of nitrogens with one attached hydrogen (secondary N) is 1. The van der Waals surface area contributed by atoms with Crippen molar-refractivity contribution in [3.8, 4) is 0 Å². The van der Waals surface area contributed by atoms with Crippen LogP contribution in [0.1, 0.15) is 19.3 Å². The van der Waals surface area contributed by atoms with Crippen LogP contribution in [0.2, 0.25) is 10.0 Å². The van der Waals surface area contributed by atoms with Crippen molar-refractivity contribution in [2.75, 3.05) is 18.4 Å². The second-order valence-electron chi connectivity index (χ2n) is 5.01. The van der Waals surface area contributed by atoms with Crippen LogP contribution in [0, 0.1) is 0 Å². The quantitative estimate of drug-likeness (QED) is 0.796. The molecule has 0 aliphatic carbocycles. The lowest BCUT2D eigenvalue weighted by Crippen LogP contribution is -2.33. The van der Waals surface area contributed by atoms with E-state index in [9.17, 15) is 0 Å². The summed E-state index contributed by atoms with van der Waals surface area (Å²) in [5, 5.41) is 4.77. The summed E-state index contributed by atoms with van der Waals surface area (Å²) in [6, 6.07) is 5.11. The Hall–Kier alpha value is 0.0400. The van der Waals surface area contributed by atoms with Crippen LogP contribution in [-0.4, -0.2) is 30.1 Å². The number of hydrogen-bond acceptors (Lipinski definition) is 2. The van der Waals surface area contributed by atoms with E-state index in [0.29, 0.717) is 22.1 Å². The second-order valence-corrected chi connectivity index (χ2v) is 6.62. The molecule has 0 spiro atoms. The van der Waals surface area contributed by atoms with Gasteiger partial charge in [-0.15, -0.1) is 0 Å². The molecule has 2 atom stereocenters. The molecule has 0 bridgehead atoms. The Bertz CT molecular complexity index is 467. The van der Waals surface area contributed by atoms with E-state index in [4.69, 9.17) is 23.2 Å². The molecule has 0 aromatic heterocycles. The van der Waals surface area contributed by atoms with Gasteiger partial charge in [-0.25, -0.2) is 0 Å². The lowest BCUT2D eigenvalue weighted by molar-refractivity contribution is 0.318. The van der Waals surface area contributed by atoms with Gasteiger partial charge in [-0.1, -0.05) is 23.2 Å². The second kappa shape index (κ2) is 5.20. The lowest BCUT2D eigenvalue weighted by atomic mass is 10.1.